The molecule has 3 aliphatic rings. The van der Waals surface area contributed by atoms with Gasteiger partial charge in [-0.15, -0.1) is 24.4 Å². The first-order chi connectivity index (χ1) is 28.6. The summed E-state index contributed by atoms with van der Waals surface area (Å²) < 4.78 is 0. The van der Waals surface area contributed by atoms with Crippen LogP contribution in [0.1, 0.15) is 73.2 Å². The van der Waals surface area contributed by atoms with Gasteiger partial charge < -0.3 is 26.2 Å². The Hall–Kier alpha value is -3.63. The average molecular weight is 912 g/mol. The number of piperazine rings is 1. The van der Waals surface area contributed by atoms with E-state index < -0.39 is 0 Å². The molecule has 1 saturated heterocycles. The molecule has 0 unspecified atom stereocenters. The SMILES string of the molecule is C=C(NC(C)(C)C[N-]CCc1ccc(N2CCN(C)CC2=C)s1)c1cccc(-c2nc(NC(=C)C3(c4ccc5c(c4)CC(C)(C)C5)CC3)ccc2C)c1.C=C/C=C/CNC.[Y]. The van der Waals surface area contributed by atoms with Crippen molar-refractivity contribution in [2.45, 2.75) is 77.7 Å². The average Bonchev–Trinajstić information content (AvgIpc) is 3.78. The zero-order valence-corrected chi connectivity index (χ0v) is 41.6. The molecule has 61 heavy (non-hydrogen) atoms. The molecular weight excluding hydrogens is 844 g/mol. The number of thiophene rings is 1. The van der Waals surface area contributed by atoms with Crippen molar-refractivity contribution in [3.05, 3.63) is 161 Å². The number of nitrogens with zero attached hydrogens (tertiary/aromatic N) is 4. The van der Waals surface area contributed by atoms with E-state index in [9.17, 15) is 0 Å². The Balaban J connectivity index is 0.000000811. The minimum atomic E-state index is -0.239. The molecule has 4 aromatic rings. The van der Waals surface area contributed by atoms with Crippen LogP contribution in [-0.4, -0.2) is 68.8 Å². The van der Waals surface area contributed by atoms with Gasteiger partial charge in [0, 0.05) is 97.4 Å². The zero-order chi connectivity index (χ0) is 43.1. The van der Waals surface area contributed by atoms with E-state index in [-0.39, 0.29) is 43.7 Å². The van der Waals surface area contributed by atoms with Crippen molar-refractivity contribution in [2.75, 3.05) is 63.6 Å². The number of aryl methyl sites for hydroxylation is 1. The third-order valence-corrected chi connectivity index (χ3v) is 13.0. The van der Waals surface area contributed by atoms with E-state index in [1.165, 1.54) is 32.3 Å². The van der Waals surface area contributed by atoms with Crippen LogP contribution in [0, 0.1) is 12.3 Å². The van der Waals surface area contributed by atoms with E-state index in [0.29, 0.717) is 12.0 Å². The Bertz CT molecular complexity index is 2210. The van der Waals surface area contributed by atoms with Crippen molar-refractivity contribution in [3.63, 3.8) is 0 Å². The molecule has 2 aliphatic carbocycles. The Morgan fingerprint density at radius 2 is 1.77 bits per heavy atom. The van der Waals surface area contributed by atoms with Crippen LogP contribution in [0.3, 0.4) is 0 Å². The Morgan fingerprint density at radius 3 is 2.49 bits per heavy atom. The second-order valence-corrected chi connectivity index (χ2v) is 19.5. The van der Waals surface area contributed by atoms with Gasteiger partial charge in [0.2, 0.25) is 0 Å². The molecule has 9 heteroatoms. The molecule has 1 saturated carbocycles. The van der Waals surface area contributed by atoms with Gasteiger partial charge in [-0.1, -0.05) is 101 Å². The maximum atomic E-state index is 5.13. The van der Waals surface area contributed by atoms with Crippen molar-refractivity contribution in [1.82, 2.24) is 20.5 Å². The number of allylic oxidation sites excluding steroid dienone is 3. The van der Waals surface area contributed by atoms with Crippen molar-refractivity contribution in [2.24, 2.45) is 5.41 Å². The number of hydrogen-bond donors (Lipinski definition) is 3. The van der Waals surface area contributed by atoms with Gasteiger partial charge in [0.05, 0.1) is 10.7 Å². The minimum absolute atomic E-state index is 0. The normalized spacial score (nSPS) is 16.6. The summed E-state index contributed by atoms with van der Waals surface area (Å²) in [5.74, 6) is 0.831. The molecule has 1 radical (unpaired) electrons. The quantitative estimate of drug-likeness (QED) is 0.0724. The maximum Gasteiger partial charge on any atom is 0.130 e. The molecule has 2 fully saturated rings. The smallest absolute Gasteiger partial charge is 0.130 e. The van der Waals surface area contributed by atoms with Crippen molar-refractivity contribution in [3.8, 4) is 11.3 Å². The predicted octanol–water partition coefficient (Wildman–Crippen LogP) is 11.1. The third-order valence-electron chi connectivity index (χ3n) is 11.8. The zero-order valence-electron chi connectivity index (χ0n) is 38.0. The summed E-state index contributed by atoms with van der Waals surface area (Å²) in [6.45, 7) is 33.5. The van der Waals surface area contributed by atoms with Crippen LogP contribution >= 0.6 is 11.3 Å². The third kappa shape index (κ3) is 12.7. The summed E-state index contributed by atoms with van der Waals surface area (Å²) >= 11 is 1.86. The standard InChI is InChI=1S/C46H57N6S.C6H11N.Y/c1-31-13-17-41(48-34(4)46(20-21-46)39-15-14-37-27-44(5,6)28-38(37)26-39)49-43(31)36-12-10-11-35(25-36)33(3)50-45(7,8)30-47-22-19-40-16-18-42(53-40)52-24-23-51(9)29-32(52)2;1-3-4-5-6-7-2;/h10-18,25-26,50H,2-4,19-24,27-30H2,1,5-9H3,(H,48,49);3-5,7H,1,6H2,2H3;/q-1;;/b;5-4+;. The summed E-state index contributed by atoms with van der Waals surface area (Å²) in [5.41, 5.74) is 11.8. The number of anilines is 2. The number of fused-ring (bicyclic) bond motifs is 1. The molecular formula is C52H68N7SY-. The number of hydrogen-bond acceptors (Lipinski definition) is 7. The van der Waals surface area contributed by atoms with Gasteiger partial charge in [-0.3, -0.25) is 4.90 Å². The van der Waals surface area contributed by atoms with Crippen molar-refractivity contribution < 1.29 is 32.7 Å². The van der Waals surface area contributed by atoms with Crippen LogP contribution < -0.4 is 20.9 Å². The molecule has 7 nitrogen and oxygen atoms in total. The van der Waals surface area contributed by atoms with Crippen LogP contribution in [0.2, 0.25) is 0 Å². The van der Waals surface area contributed by atoms with Crippen molar-refractivity contribution >= 4 is 27.9 Å². The summed E-state index contributed by atoms with van der Waals surface area (Å²) in [4.78, 5) is 11.2. The fourth-order valence-electron chi connectivity index (χ4n) is 8.43. The molecule has 7 rings (SSSR count). The van der Waals surface area contributed by atoms with Gasteiger partial charge in [-0.2, -0.15) is 0 Å². The molecule has 0 atom stereocenters. The predicted molar refractivity (Wildman–Crippen MR) is 260 cm³/mol. The molecule has 0 bridgehead atoms. The Kier molecular flexibility index (Phi) is 16.8. The summed E-state index contributed by atoms with van der Waals surface area (Å²) in [5, 5.41) is 16.5. The van der Waals surface area contributed by atoms with Gasteiger partial charge in [-0.05, 0) is 124 Å². The fraction of sp³-hybridized carbons (Fsp3) is 0.404. The first-order valence-corrected chi connectivity index (χ1v) is 22.4. The van der Waals surface area contributed by atoms with Crippen molar-refractivity contribution in [1.29, 1.82) is 0 Å². The van der Waals surface area contributed by atoms with Gasteiger partial charge in [-0.25, -0.2) is 4.98 Å². The van der Waals surface area contributed by atoms with Gasteiger partial charge in [0.1, 0.15) is 5.82 Å². The fourth-order valence-corrected chi connectivity index (χ4v) is 9.49. The number of rotatable bonds is 17. The topological polar surface area (TPSA) is 69.6 Å². The monoisotopic (exact) mass is 911 g/mol. The van der Waals surface area contributed by atoms with Crippen LogP contribution in [0.15, 0.2) is 123 Å². The van der Waals surface area contributed by atoms with E-state index >= 15 is 0 Å². The summed E-state index contributed by atoms with van der Waals surface area (Å²) in [6.07, 6.45) is 11.2. The number of pyridine rings is 1. The number of benzene rings is 2. The molecule has 0 amide bonds. The first kappa shape index (κ1) is 48.4. The van der Waals surface area contributed by atoms with E-state index in [1.54, 1.807) is 6.08 Å². The van der Waals surface area contributed by atoms with Gasteiger partial charge >= 0.3 is 0 Å². The van der Waals surface area contributed by atoms with Crippen LogP contribution in [-0.2, 0) is 57.4 Å². The second-order valence-electron chi connectivity index (χ2n) is 18.4. The molecule has 2 aromatic carbocycles. The molecule has 2 aromatic heterocycles. The minimum Gasteiger partial charge on any atom is -0.660 e. The molecule has 321 valence electrons. The van der Waals surface area contributed by atoms with Crippen LogP contribution in [0.4, 0.5) is 10.8 Å². The number of likely N-dealkylation sites (N-methyl/N-ethyl adjacent to an activating group) is 2. The van der Waals surface area contributed by atoms with E-state index in [1.807, 2.05) is 30.5 Å². The Labute approximate surface area is 396 Å². The van der Waals surface area contributed by atoms with Gasteiger partial charge in [0.25, 0.3) is 0 Å². The summed E-state index contributed by atoms with van der Waals surface area (Å²) in [7, 11) is 4.06. The number of nitrogens with one attached hydrogen (secondary N) is 3. The summed E-state index contributed by atoms with van der Waals surface area (Å²) in [6, 6.07) is 24.4. The molecule has 0 spiro atoms. The van der Waals surface area contributed by atoms with Gasteiger partial charge in [0.15, 0.2) is 0 Å². The van der Waals surface area contributed by atoms with Crippen LogP contribution in [0.5, 0.6) is 0 Å². The van der Waals surface area contributed by atoms with Crippen LogP contribution in [0.25, 0.3) is 22.3 Å². The Morgan fingerprint density at radius 1 is 1.00 bits per heavy atom. The number of aromatic nitrogens is 1. The second kappa shape index (κ2) is 21.2. The molecule has 3 heterocycles. The van der Waals surface area contributed by atoms with E-state index in [2.05, 4.69) is 160 Å². The molecule has 3 N–H and O–H groups in total. The first-order valence-electron chi connectivity index (χ1n) is 21.5. The molecule has 1 aliphatic heterocycles. The largest absolute Gasteiger partial charge is 0.660 e. The van der Waals surface area contributed by atoms with E-state index in [0.717, 1.165) is 104 Å². The van der Waals surface area contributed by atoms with E-state index in [4.69, 9.17) is 10.3 Å². The maximum absolute atomic E-state index is 5.13.